The van der Waals surface area contributed by atoms with Crippen molar-refractivity contribution >= 4 is 0 Å². The standard InChI is InChI=1S/C16H32N2/c1-7-9-11-18(10-8-2)14-12-15(3,4)17-16(5,6)13-14/h8,14,17H,2,7,9-13H2,1,3-6H3. The predicted octanol–water partition coefficient (Wildman–Crippen LogP) is 3.58. The Balaban J connectivity index is 2.73. The molecule has 106 valence electrons. The van der Waals surface area contributed by atoms with Crippen LogP contribution in [-0.2, 0) is 0 Å². The first-order chi connectivity index (χ1) is 8.29. The van der Waals surface area contributed by atoms with Crippen LogP contribution in [0.3, 0.4) is 0 Å². The van der Waals surface area contributed by atoms with Crippen molar-refractivity contribution in [2.75, 3.05) is 13.1 Å². The lowest BCUT2D eigenvalue weighted by Crippen LogP contribution is -2.62. The second-order valence-electron chi connectivity index (χ2n) is 7.09. The highest BCUT2D eigenvalue weighted by Gasteiger charge is 2.39. The number of nitrogens with one attached hydrogen (secondary N) is 1. The Kier molecular flexibility index (Phi) is 5.42. The summed E-state index contributed by atoms with van der Waals surface area (Å²) >= 11 is 0. The number of hydrogen-bond donors (Lipinski definition) is 1. The minimum Gasteiger partial charge on any atom is -0.307 e. The molecule has 1 aliphatic heterocycles. The average molecular weight is 252 g/mol. The molecule has 0 atom stereocenters. The van der Waals surface area contributed by atoms with Crippen LogP contribution in [0.4, 0.5) is 0 Å². The van der Waals surface area contributed by atoms with E-state index in [2.05, 4.69) is 57.5 Å². The zero-order valence-electron chi connectivity index (χ0n) is 13.1. The van der Waals surface area contributed by atoms with Crippen LogP contribution in [0.2, 0.25) is 0 Å². The molecule has 1 rings (SSSR count). The highest BCUT2D eigenvalue weighted by atomic mass is 15.2. The summed E-state index contributed by atoms with van der Waals surface area (Å²) in [6.07, 6.45) is 7.07. The van der Waals surface area contributed by atoms with Crippen LogP contribution >= 0.6 is 0 Å². The third kappa shape index (κ3) is 4.74. The van der Waals surface area contributed by atoms with Crippen LogP contribution in [0.1, 0.15) is 60.3 Å². The summed E-state index contributed by atoms with van der Waals surface area (Å²) in [5, 5.41) is 3.76. The monoisotopic (exact) mass is 252 g/mol. The van der Waals surface area contributed by atoms with Gasteiger partial charge in [0.1, 0.15) is 0 Å². The minimum atomic E-state index is 0.234. The molecule has 1 heterocycles. The van der Waals surface area contributed by atoms with Crippen molar-refractivity contribution in [3.63, 3.8) is 0 Å². The van der Waals surface area contributed by atoms with Crippen molar-refractivity contribution in [1.82, 2.24) is 10.2 Å². The van der Waals surface area contributed by atoms with E-state index in [4.69, 9.17) is 0 Å². The van der Waals surface area contributed by atoms with Crippen molar-refractivity contribution in [2.24, 2.45) is 0 Å². The van der Waals surface area contributed by atoms with E-state index in [0.717, 1.165) is 6.54 Å². The van der Waals surface area contributed by atoms with Gasteiger partial charge in [-0.05, 0) is 53.5 Å². The molecule has 0 radical (unpaired) electrons. The summed E-state index contributed by atoms with van der Waals surface area (Å²) in [5.41, 5.74) is 0.468. The van der Waals surface area contributed by atoms with Gasteiger partial charge in [-0.3, -0.25) is 4.90 Å². The van der Waals surface area contributed by atoms with Gasteiger partial charge in [0.15, 0.2) is 0 Å². The maximum absolute atomic E-state index is 3.92. The largest absolute Gasteiger partial charge is 0.307 e. The van der Waals surface area contributed by atoms with Gasteiger partial charge in [-0.2, -0.15) is 0 Å². The average Bonchev–Trinajstić information content (AvgIpc) is 2.19. The van der Waals surface area contributed by atoms with Gasteiger partial charge in [0.2, 0.25) is 0 Å². The molecule has 0 bridgehead atoms. The molecule has 0 aromatic carbocycles. The van der Waals surface area contributed by atoms with Gasteiger partial charge in [0.25, 0.3) is 0 Å². The fourth-order valence-electron chi connectivity index (χ4n) is 3.48. The van der Waals surface area contributed by atoms with Gasteiger partial charge in [-0.25, -0.2) is 0 Å². The van der Waals surface area contributed by atoms with E-state index in [1.165, 1.54) is 32.2 Å². The Hall–Kier alpha value is -0.340. The number of unbranched alkanes of at least 4 members (excludes halogenated alkanes) is 1. The molecule has 0 saturated carbocycles. The third-order valence-electron chi connectivity index (χ3n) is 3.85. The topological polar surface area (TPSA) is 15.3 Å². The van der Waals surface area contributed by atoms with Crippen molar-refractivity contribution < 1.29 is 0 Å². The van der Waals surface area contributed by atoms with Crippen molar-refractivity contribution in [3.8, 4) is 0 Å². The smallest absolute Gasteiger partial charge is 0.0163 e. The fourth-order valence-corrected chi connectivity index (χ4v) is 3.48. The van der Waals surface area contributed by atoms with E-state index in [9.17, 15) is 0 Å². The van der Waals surface area contributed by atoms with E-state index in [1.54, 1.807) is 0 Å². The lowest BCUT2D eigenvalue weighted by Gasteiger charge is -2.49. The highest BCUT2D eigenvalue weighted by molar-refractivity contribution is 5.00. The minimum absolute atomic E-state index is 0.234. The van der Waals surface area contributed by atoms with Crippen molar-refractivity contribution in [3.05, 3.63) is 12.7 Å². The Morgan fingerprint density at radius 1 is 1.22 bits per heavy atom. The predicted molar refractivity (Wildman–Crippen MR) is 81.0 cm³/mol. The Labute approximate surface area is 114 Å². The first-order valence-electron chi connectivity index (χ1n) is 7.44. The summed E-state index contributed by atoms with van der Waals surface area (Å²) in [4.78, 5) is 2.63. The lowest BCUT2D eigenvalue weighted by atomic mass is 9.79. The normalized spacial score (nSPS) is 23.2. The van der Waals surface area contributed by atoms with E-state index < -0.39 is 0 Å². The van der Waals surface area contributed by atoms with Crippen LogP contribution in [0.5, 0.6) is 0 Å². The maximum Gasteiger partial charge on any atom is 0.0163 e. The van der Waals surface area contributed by atoms with E-state index in [1.807, 2.05) is 0 Å². The van der Waals surface area contributed by atoms with Crippen LogP contribution in [0.15, 0.2) is 12.7 Å². The Bertz CT molecular complexity index is 252. The van der Waals surface area contributed by atoms with E-state index >= 15 is 0 Å². The van der Waals surface area contributed by atoms with Crippen LogP contribution in [0, 0.1) is 0 Å². The molecule has 0 spiro atoms. The molecular weight excluding hydrogens is 220 g/mol. The fraction of sp³-hybridized carbons (Fsp3) is 0.875. The molecule has 2 heteroatoms. The zero-order chi connectivity index (χ0) is 13.8. The molecule has 18 heavy (non-hydrogen) atoms. The molecule has 0 aromatic heterocycles. The first-order valence-corrected chi connectivity index (χ1v) is 7.44. The summed E-state index contributed by atoms with van der Waals surface area (Å²) in [7, 11) is 0. The molecule has 0 unspecified atom stereocenters. The molecule has 2 nitrogen and oxygen atoms in total. The molecular formula is C16H32N2. The quantitative estimate of drug-likeness (QED) is 0.727. The molecule has 0 amide bonds. The summed E-state index contributed by atoms with van der Waals surface area (Å²) < 4.78 is 0. The SMILES string of the molecule is C=CCN(CCCC)C1CC(C)(C)NC(C)(C)C1. The Morgan fingerprint density at radius 3 is 2.22 bits per heavy atom. The molecule has 0 aromatic rings. The van der Waals surface area contributed by atoms with Gasteiger partial charge in [0, 0.05) is 23.7 Å². The van der Waals surface area contributed by atoms with E-state index in [0.29, 0.717) is 6.04 Å². The summed E-state index contributed by atoms with van der Waals surface area (Å²) in [6.45, 7) is 17.7. The van der Waals surface area contributed by atoms with Crippen LogP contribution in [0.25, 0.3) is 0 Å². The van der Waals surface area contributed by atoms with Gasteiger partial charge < -0.3 is 5.32 Å². The number of rotatable bonds is 6. The Morgan fingerprint density at radius 2 is 1.78 bits per heavy atom. The molecule has 1 aliphatic rings. The van der Waals surface area contributed by atoms with Crippen molar-refractivity contribution in [1.29, 1.82) is 0 Å². The zero-order valence-corrected chi connectivity index (χ0v) is 13.1. The van der Waals surface area contributed by atoms with E-state index in [-0.39, 0.29) is 11.1 Å². The number of hydrogen-bond acceptors (Lipinski definition) is 2. The van der Waals surface area contributed by atoms with Gasteiger partial charge in [0.05, 0.1) is 0 Å². The summed E-state index contributed by atoms with van der Waals surface area (Å²) in [5.74, 6) is 0. The lowest BCUT2D eigenvalue weighted by molar-refractivity contribution is 0.0722. The van der Waals surface area contributed by atoms with Gasteiger partial charge >= 0.3 is 0 Å². The van der Waals surface area contributed by atoms with Crippen LogP contribution < -0.4 is 5.32 Å². The molecule has 1 N–H and O–H groups in total. The summed E-state index contributed by atoms with van der Waals surface area (Å²) in [6, 6.07) is 0.681. The van der Waals surface area contributed by atoms with Crippen molar-refractivity contribution in [2.45, 2.75) is 77.4 Å². The molecule has 1 fully saturated rings. The van der Waals surface area contributed by atoms with Gasteiger partial charge in [-0.15, -0.1) is 6.58 Å². The number of nitrogens with zero attached hydrogens (tertiary/aromatic N) is 1. The second-order valence-corrected chi connectivity index (χ2v) is 7.09. The third-order valence-corrected chi connectivity index (χ3v) is 3.85. The number of piperidine rings is 1. The highest BCUT2D eigenvalue weighted by Crippen LogP contribution is 2.31. The maximum atomic E-state index is 3.92. The molecule has 0 aliphatic carbocycles. The first kappa shape index (κ1) is 15.7. The van der Waals surface area contributed by atoms with Gasteiger partial charge in [-0.1, -0.05) is 19.4 Å². The molecule has 1 saturated heterocycles. The second kappa shape index (κ2) is 6.21. The van der Waals surface area contributed by atoms with Crippen LogP contribution in [-0.4, -0.2) is 35.1 Å².